The molecular weight excluding hydrogens is 362 g/mol. The van der Waals surface area contributed by atoms with E-state index in [1.54, 1.807) is 24.3 Å². The summed E-state index contributed by atoms with van der Waals surface area (Å²) < 4.78 is 6.12. The first kappa shape index (κ1) is 18.3. The maximum Gasteiger partial charge on any atom is 0.328 e. The van der Waals surface area contributed by atoms with E-state index >= 15 is 0 Å². The van der Waals surface area contributed by atoms with Crippen molar-refractivity contribution in [1.82, 2.24) is 15.3 Å². The summed E-state index contributed by atoms with van der Waals surface area (Å²) in [5.41, 5.74) is -0.279. The van der Waals surface area contributed by atoms with Gasteiger partial charge in [-0.05, 0) is 37.0 Å². The number of phenolic OH excluding ortho intramolecular Hbond substituents is 1. The molecule has 1 amide bonds. The van der Waals surface area contributed by atoms with Crippen LogP contribution in [0.25, 0.3) is 0 Å². The lowest BCUT2D eigenvalue weighted by atomic mass is 9.72. The van der Waals surface area contributed by atoms with Crippen LogP contribution in [0.1, 0.15) is 49.1 Å². The van der Waals surface area contributed by atoms with E-state index in [1.165, 1.54) is 0 Å². The SMILES string of the molecule is O=C(Cc1cccc(O)c1)NCC[C@@]12CCCC[C@@H]1c1c([nH]c(=O)[nH]c1=O)O2. The molecule has 4 rings (SSSR count). The van der Waals surface area contributed by atoms with Gasteiger partial charge in [0.25, 0.3) is 5.56 Å². The largest absolute Gasteiger partial charge is 0.508 e. The third-order valence-electron chi connectivity index (χ3n) is 5.72. The van der Waals surface area contributed by atoms with Crippen LogP contribution >= 0.6 is 0 Å². The van der Waals surface area contributed by atoms with Gasteiger partial charge in [-0.25, -0.2) is 4.79 Å². The van der Waals surface area contributed by atoms with Crippen molar-refractivity contribution in [2.45, 2.75) is 50.0 Å². The van der Waals surface area contributed by atoms with Crippen molar-refractivity contribution < 1.29 is 14.6 Å². The summed E-state index contributed by atoms with van der Waals surface area (Å²) >= 11 is 0. The Hall–Kier alpha value is -3.03. The van der Waals surface area contributed by atoms with Crippen LogP contribution in [0.2, 0.25) is 0 Å². The molecule has 1 aliphatic carbocycles. The number of nitrogens with one attached hydrogen (secondary N) is 3. The van der Waals surface area contributed by atoms with Gasteiger partial charge in [0.05, 0.1) is 12.0 Å². The minimum Gasteiger partial charge on any atom is -0.508 e. The van der Waals surface area contributed by atoms with Gasteiger partial charge in [0.2, 0.25) is 11.8 Å². The number of aromatic nitrogens is 2. The summed E-state index contributed by atoms with van der Waals surface area (Å²) in [7, 11) is 0. The molecule has 1 fully saturated rings. The molecule has 8 heteroatoms. The standard InChI is InChI=1S/C20H23N3O5/c24-13-5-3-4-12(10-13)11-15(25)21-9-8-20-7-2-1-6-14(20)16-17(26)22-19(27)23-18(16)28-20/h3-5,10,14,24H,1-2,6-9,11H2,(H,21,25)(H2,22,23,26,27)/t14-,20+/m1/s1. The van der Waals surface area contributed by atoms with E-state index in [0.717, 1.165) is 31.2 Å². The number of fused-ring (bicyclic) bond motifs is 3. The number of phenols is 1. The van der Waals surface area contributed by atoms with E-state index in [1.807, 2.05) is 0 Å². The lowest BCUT2D eigenvalue weighted by Crippen LogP contribution is -2.44. The first-order valence-corrected chi connectivity index (χ1v) is 9.57. The van der Waals surface area contributed by atoms with E-state index in [4.69, 9.17) is 4.74 Å². The van der Waals surface area contributed by atoms with Crippen molar-refractivity contribution in [3.63, 3.8) is 0 Å². The Balaban J connectivity index is 1.43. The molecule has 2 aliphatic rings. The second kappa shape index (κ2) is 7.18. The van der Waals surface area contributed by atoms with Crippen molar-refractivity contribution in [3.8, 4) is 11.6 Å². The Morgan fingerprint density at radius 1 is 1.29 bits per heavy atom. The van der Waals surface area contributed by atoms with Gasteiger partial charge < -0.3 is 15.2 Å². The highest BCUT2D eigenvalue weighted by Gasteiger charge is 2.51. The van der Waals surface area contributed by atoms with Gasteiger partial charge >= 0.3 is 5.69 Å². The van der Waals surface area contributed by atoms with Crippen LogP contribution in [0.15, 0.2) is 33.9 Å². The molecule has 1 saturated carbocycles. The quantitative estimate of drug-likeness (QED) is 0.618. The summed E-state index contributed by atoms with van der Waals surface area (Å²) in [6, 6.07) is 6.61. The first-order valence-electron chi connectivity index (χ1n) is 9.57. The molecule has 28 heavy (non-hydrogen) atoms. The van der Waals surface area contributed by atoms with E-state index in [0.29, 0.717) is 18.5 Å². The molecule has 2 heterocycles. The normalized spacial score (nSPS) is 22.8. The molecule has 1 aromatic heterocycles. The van der Waals surface area contributed by atoms with Gasteiger partial charge in [0.15, 0.2) is 0 Å². The predicted octanol–water partition coefficient (Wildman–Crippen LogP) is 1.31. The van der Waals surface area contributed by atoms with Crippen LogP contribution in [0, 0.1) is 0 Å². The number of ether oxygens (including phenoxy) is 1. The van der Waals surface area contributed by atoms with E-state index in [9.17, 15) is 19.5 Å². The van der Waals surface area contributed by atoms with Crippen LogP contribution < -0.4 is 21.3 Å². The third-order valence-corrected chi connectivity index (χ3v) is 5.72. The molecule has 0 unspecified atom stereocenters. The van der Waals surface area contributed by atoms with Gasteiger partial charge in [0, 0.05) is 18.9 Å². The van der Waals surface area contributed by atoms with E-state index in [-0.39, 0.29) is 35.4 Å². The molecule has 1 aliphatic heterocycles. The van der Waals surface area contributed by atoms with Gasteiger partial charge in [-0.2, -0.15) is 0 Å². The number of rotatable bonds is 5. The monoisotopic (exact) mass is 385 g/mol. The zero-order valence-electron chi connectivity index (χ0n) is 15.4. The zero-order valence-corrected chi connectivity index (χ0v) is 15.4. The molecule has 8 nitrogen and oxygen atoms in total. The molecule has 0 radical (unpaired) electrons. The summed E-state index contributed by atoms with van der Waals surface area (Å²) in [6.45, 7) is 0.407. The maximum atomic E-state index is 12.3. The van der Waals surface area contributed by atoms with Crippen molar-refractivity contribution in [2.24, 2.45) is 0 Å². The molecule has 1 aromatic carbocycles. The molecule has 2 atom stereocenters. The van der Waals surface area contributed by atoms with Gasteiger partial charge in [-0.3, -0.25) is 19.6 Å². The highest BCUT2D eigenvalue weighted by atomic mass is 16.5. The van der Waals surface area contributed by atoms with Crippen LogP contribution in [0.3, 0.4) is 0 Å². The van der Waals surface area contributed by atoms with Crippen molar-refractivity contribution in [3.05, 3.63) is 56.2 Å². The Morgan fingerprint density at radius 3 is 2.96 bits per heavy atom. The predicted molar refractivity (Wildman–Crippen MR) is 102 cm³/mol. The Kier molecular flexibility index (Phi) is 4.70. The average Bonchev–Trinajstić information content (AvgIpc) is 2.95. The molecule has 0 saturated heterocycles. The van der Waals surface area contributed by atoms with Crippen LogP contribution in [-0.2, 0) is 11.2 Å². The minimum atomic E-state index is -0.573. The molecular formula is C20H23N3O5. The number of H-pyrrole nitrogens is 2. The lowest BCUT2D eigenvalue weighted by Gasteiger charge is -2.38. The number of carbonyl (C=O) groups excluding carboxylic acids is 1. The topological polar surface area (TPSA) is 124 Å². The van der Waals surface area contributed by atoms with Gasteiger partial charge in [-0.1, -0.05) is 18.6 Å². The zero-order chi connectivity index (χ0) is 19.7. The number of benzene rings is 1. The Morgan fingerprint density at radius 2 is 2.14 bits per heavy atom. The third kappa shape index (κ3) is 3.42. The molecule has 0 bridgehead atoms. The first-order chi connectivity index (χ1) is 13.5. The van der Waals surface area contributed by atoms with Crippen molar-refractivity contribution >= 4 is 5.91 Å². The van der Waals surface area contributed by atoms with Crippen molar-refractivity contribution in [1.29, 1.82) is 0 Å². The highest BCUT2D eigenvalue weighted by Crippen LogP contribution is 2.51. The van der Waals surface area contributed by atoms with Gasteiger partial charge in [0.1, 0.15) is 11.4 Å². The highest BCUT2D eigenvalue weighted by molar-refractivity contribution is 5.78. The van der Waals surface area contributed by atoms with Gasteiger partial charge in [-0.15, -0.1) is 0 Å². The number of hydrogen-bond acceptors (Lipinski definition) is 5. The number of amides is 1. The maximum absolute atomic E-state index is 12.3. The summed E-state index contributed by atoms with van der Waals surface area (Å²) in [5, 5.41) is 12.4. The number of carbonyl (C=O) groups is 1. The fraction of sp³-hybridized carbons (Fsp3) is 0.450. The number of aromatic hydroxyl groups is 1. The second-order valence-electron chi connectivity index (χ2n) is 7.56. The second-order valence-corrected chi connectivity index (χ2v) is 7.56. The lowest BCUT2D eigenvalue weighted by molar-refractivity contribution is -0.120. The minimum absolute atomic E-state index is 0.0835. The van der Waals surface area contributed by atoms with E-state index < -0.39 is 11.3 Å². The number of aromatic amines is 2. The fourth-order valence-corrected chi connectivity index (χ4v) is 4.49. The summed E-state index contributed by atoms with van der Waals surface area (Å²) in [4.78, 5) is 41.0. The van der Waals surface area contributed by atoms with E-state index in [2.05, 4.69) is 15.3 Å². The number of hydrogen-bond donors (Lipinski definition) is 4. The Labute approximate surface area is 161 Å². The molecule has 2 aromatic rings. The summed E-state index contributed by atoms with van der Waals surface area (Å²) in [6.07, 6.45) is 4.30. The molecule has 0 spiro atoms. The molecule has 4 N–H and O–H groups in total. The average molecular weight is 385 g/mol. The Bertz CT molecular complexity index is 1010. The van der Waals surface area contributed by atoms with Crippen molar-refractivity contribution in [2.75, 3.05) is 6.54 Å². The van der Waals surface area contributed by atoms with Crippen LogP contribution in [0.5, 0.6) is 11.6 Å². The smallest absolute Gasteiger partial charge is 0.328 e. The van der Waals surface area contributed by atoms with Crippen LogP contribution in [-0.4, -0.2) is 33.1 Å². The van der Waals surface area contributed by atoms with Crippen LogP contribution in [0.4, 0.5) is 0 Å². The summed E-state index contributed by atoms with van der Waals surface area (Å²) in [5.74, 6) is 0.174. The molecule has 148 valence electrons. The fourth-order valence-electron chi connectivity index (χ4n) is 4.49.